The Morgan fingerprint density at radius 2 is 2.25 bits per heavy atom. The van der Waals surface area contributed by atoms with Crippen molar-refractivity contribution in [1.29, 1.82) is 0 Å². The summed E-state index contributed by atoms with van der Waals surface area (Å²) in [7, 11) is 1.60. The SMILES string of the molecule is CNC(=O)c1coc(C(C)C)c1. The summed E-state index contributed by atoms with van der Waals surface area (Å²) in [6, 6.07) is 1.77. The maximum absolute atomic E-state index is 11.1. The Morgan fingerprint density at radius 3 is 2.67 bits per heavy atom. The summed E-state index contributed by atoms with van der Waals surface area (Å²) in [5.74, 6) is 1.06. The average Bonchev–Trinajstić information content (AvgIpc) is 2.51. The van der Waals surface area contributed by atoms with Crippen LogP contribution in [0.25, 0.3) is 0 Å². The third-order valence-electron chi connectivity index (χ3n) is 1.68. The molecule has 1 aromatic rings. The number of nitrogens with one attached hydrogen (secondary N) is 1. The number of carbonyl (C=O) groups excluding carboxylic acids is 1. The largest absolute Gasteiger partial charge is 0.468 e. The van der Waals surface area contributed by atoms with E-state index in [2.05, 4.69) is 5.32 Å². The number of hydrogen-bond acceptors (Lipinski definition) is 2. The van der Waals surface area contributed by atoms with Gasteiger partial charge in [-0.3, -0.25) is 4.79 Å². The third kappa shape index (κ3) is 1.67. The summed E-state index contributed by atoms with van der Waals surface area (Å²) >= 11 is 0. The Kier molecular flexibility index (Phi) is 2.53. The zero-order valence-electron chi connectivity index (χ0n) is 7.55. The van der Waals surface area contributed by atoms with Crippen LogP contribution in [-0.2, 0) is 0 Å². The van der Waals surface area contributed by atoms with Crippen LogP contribution in [0.15, 0.2) is 16.7 Å². The fraction of sp³-hybridized carbons (Fsp3) is 0.444. The zero-order valence-corrected chi connectivity index (χ0v) is 7.55. The van der Waals surface area contributed by atoms with Crippen molar-refractivity contribution in [2.45, 2.75) is 19.8 Å². The average molecular weight is 167 g/mol. The lowest BCUT2D eigenvalue weighted by molar-refractivity contribution is 0.0962. The van der Waals surface area contributed by atoms with E-state index < -0.39 is 0 Å². The molecule has 1 heterocycles. The minimum Gasteiger partial charge on any atom is -0.468 e. The van der Waals surface area contributed by atoms with Gasteiger partial charge in [-0.15, -0.1) is 0 Å². The normalized spacial score (nSPS) is 10.3. The minimum atomic E-state index is -0.106. The topological polar surface area (TPSA) is 42.2 Å². The van der Waals surface area contributed by atoms with Gasteiger partial charge in [0, 0.05) is 13.0 Å². The van der Waals surface area contributed by atoms with Gasteiger partial charge in [0.25, 0.3) is 5.91 Å². The molecule has 0 atom stereocenters. The summed E-state index contributed by atoms with van der Waals surface area (Å²) in [6.07, 6.45) is 1.48. The molecule has 0 saturated carbocycles. The smallest absolute Gasteiger partial charge is 0.254 e. The maximum atomic E-state index is 11.1. The number of furan rings is 1. The fourth-order valence-electron chi connectivity index (χ4n) is 0.919. The Labute approximate surface area is 71.8 Å². The quantitative estimate of drug-likeness (QED) is 0.729. The number of amides is 1. The molecule has 1 N–H and O–H groups in total. The third-order valence-corrected chi connectivity index (χ3v) is 1.68. The number of carbonyl (C=O) groups is 1. The van der Waals surface area contributed by atoms with E-state index >= 15 is 0 Å². The van der Waals surface area contributed by atoms with Crippen molar-refractivity contribution >= 4 is 5.91 Å². The second-order valence-corrected chi connectivity index (χ2v) is 2.97. The highest BCUT2D eigenvalue weighted by molar-refractivity contribution is 5.93. The first kappa shape index (κ1) is 8.84. The molecular weight excluding hydrogens is 154 g/mol. The van der Waals surface area contributed by atoms with E-state index in [9.17, 15) is 4.79 Å². The first-order valence-corrected chi connectivity index (χ1v) is 3.95. The van der Waals surface area contributed by atoms with Crippen LogP contribution in [0.1, 0.15) is 35.9 Å². The Morgan fingerprint density at radius 1 is 1.58 bits per heavy atom. The van der Waals surface area contributed by atoms with Gasteiger partial charge in [-0.25, -0.2) is 0 Å². The van der Waals surface area contributed by atoms with Crippen molar-refractivity contribution in [2.75, 3.05) is 7.05 Å². The molecule has 0 radical (unpaired) electrons. The molecule has 3 heteroatoms. The van der Waals surface area contributed by atoms with Crippen molar-refractivity contribution < 1.29 is 9.21 Å². The Hall–Kier alpha value is -1.25. The molecule has 1 rings (SSSR count). The Bertz CT molecular complexity index is 276. The molecule has 0 spiro atoms. The Balaban J connectivity index is 2.84. The van der Waals surface area contributed by atoms with Gasteiger partial charge in [0.15, 0.2) is 0 Å². The molecule has 1 aromatic heterocycles. The highest BCUT2D eigenvalue weighted by Crippen LogP contribution is 2.17. The van der Waals surface area contributed by atoms with Gasteiger partial charge in [0.1, 0.15) is 12.0 Å². The van der Waals surface area contributed by atoms with Gasteiger partial charge < -0.3 is 9.73 Å². The molecular formula is C9H13NO2. The van der Waals surface area contributed by atoms with Crippen molar-refractivity contribution in [1.82, 2.24) is 5.32 Å². The second-order valence-electron chi connectivity index (χ2n) is 2.97. The second kappa shape index (κ2) is 3.43. The molecule has 66 valence electrons. The zero-order chi connectivity index (χ0) is 9.14. The molecule has 0 fully saturated rings. The number of hydrogen-bond donors (Lipinski definition) is 1. The van der Waals surface area contributed by atoms with Gasteiger partial charge in [-0.2, -0.15) is 0 Å². The van der Waals surface area contributed by atoms with E-state index in [0.29, 0.717) is 11.5 Å². The van der Waals surface area contributed by atoms with E-state index in [-0.39, 0.29) is 5.91 Å². The minimum absolute atomic E-state index is 0.106. The molecule has 12 heavy (non-hydrogen) atoms. The highest BCUT2D eigenvalue weighted by atomic mass is 16.3. The van der Waals surface area contributed by atoms with Gasteiger partial charge in [-0.1, -0.05) is 13.8 Å². The first-order chi connectivity index (χ1) is 5.65. The lowest BCUT2D eigenvalue weighted by Gasteiger charge is -1.95. The molecule has 0 aliphatic carbocycles. The van der Waals surface area contributed by atoms with Gasteiger partial charge in [-0.05, 0) is 6.07 Å². The molecule has 1 amide bonds. The van der Waals surface area contributed by atoms with Crippen molar-refractivity contribution in [3.63, 3.8) is 0 Å². The summed E-state index contributed by atoms with van der Waals surface area (Å²) in [6.45, 7) is 4.04. The molecule has 0 aliphatic heterocycles. The van der Waals surface area contributed by atoms with Crippen LogP contribution >= 0.6 is 0 Å². The van der Waals surface area contributed by atoms with Crippen molar-refractivity contribution in [3.05, 3.63) is 23.7 Å². The van der Waals surface area contributed by atoms with Crippen LogP contribution in [0.4, 0.5) is 0 Å². The standard InChI is InChI=1S/C9H13NO2/c1-6(2)8-4-7(5-12-8)9(11)10-3/h4-6H,1-3H3,(H,10,11). The van der Waals surface area contributed by atoms with Crippen LogP contribution in [-0.4, -0.2) is 13.0 Å². The van der Waals surface area contributed by atoms with Crippen LogP contribution in [0.2, 0.25) is 0 Å². The maximum Gasteiger partial charge on any atom is 0.254 e. The first-order valence-electron chi connectivity index (χ1n) is 3.95. The molecule has 0 unspecified atom stereocenters. The summed E-state index contributed by atoms with van der Waals surface area (Å²) in [5, 5.41) is 2.53. The lowest BCUT2D eigenvalue weighted by atomic mass is 10.1. The van der Waals surface area contributed by atoms with E-state index in [1.807, 2.05) is 13.8 Å². The van der Waals surface area contributed by atoms with Crippen LogP contribution in [0, 0.1) is 0 Å². The molecule has 0 saturated heterocycles. The molecule has 0 bridgehead atoms. The van der Waals surface area contributed by atoms with Crippen LogP contribution < -0.4 is 5.32 Å². The van der Waals surface area contributed by atoms with Gasteiger partial charge >= 0.3 is 0 Å². The summed E-state index contributed by atoms with van der Waals surface area (Å²) < 4.78 is 5.19. The molecule has 0 aromatic carbocycles. The van der Waals surface area contributed by atoms with E-state index in [1.54, 1.807) is 13.1 Å². The van der Waals surface area contributed by atoms with Gasteiger partial charge in [0.05, 0.1) is 5.56 Å². The monoisotopic (exact) mass is 167 g/mol. The van der Waals surface area contributed by atoms with E-state index in [4.69, 9.17) is 4.42 Å². The van der Waals surface area contributed by atoms with E-state index in [0.717, 1.165) is 5.76 Å². The van der Waals surface area contributed by atoms with Crippen molar-refractivity contribution in [2.24, 2.45) is 0 Å². The van der Waals surface area contributed by atoms with Crippen molar-refractivity contribution in [3.8, 4) is 0 Å². The van der Waals surface area contributed by atoms with Gasteiger partial charge in [0.2, 0.25) is 0 Å². The summed E-state index contributed by atoms with van der Waals surface area (Å²) in [5.41, 5.74) is 0.584. The van der Waals surface area contributed by atoms with Crippen LogP contribution in [0.5, 0.6) is 0 Å². The summed E-state index contributed by atoms with van der Waals surface area (Å²) in [4.78, 5) is 11.1. The molecule has 0 aliphatic rings. The number of rotatable bonds is 2. The fourth-order valence-corrected chi connectivity index (χ4v) is 0.919. The lowest BCUT2D eigenvalue weighted by Crippen LogP contribution is -2.16. The van der Waals surface area contributed by atoms with Crippen LogP contribution in [0.3, 0.4) is 0 Å². The van der Waals surface area contributed by atoms with E-state index in [1.165, 1.54) is 6.26 Å². The predicted molar refractivity (Wildman–Crippen MR) is 46.2 cm³/mol. The highest BCUT2D eigenvalue weighted by Gasteiger charge is 2.09. The predicted octanol–water partition coefficient (Wildman–Crippen LogP) is 1.76. The molecule has 3 nitrogen and oxygen atoms in total.